The predicted octanol–water partition coefficient (Wildman–Crippen LogP) is 2.87. The molecule has 0 radical (unpaired) electrons. The fourth-order valence-electron chi connectivity index (χ4n) is 1.64. The lowest BCUT2D eigenvalue weighted by molar-refractivity contribution is 0.399. The van der Waals surface area contributed by atoms with E-state index in [2.05, 4.69) is 42.1 Å². The van der Waals surface area contributed by atoms with Gasteiger partial charge in [-0.3, -0.25) is 4.98 Å². The standard InChI is InChI=1S/C13H17N3S/c1-10-6-11(8-14-7-10)9-16-13(2,3)12-15-4-5-17-12/h4-8,16H,9H2,1-3H3. The van der Waals surface area contributed by atoms with Crippen molar-refractivity contribution in [1.29, 1.82) is 0 Å². The number of aromatic nitrogens is 2. The van der Waals surface area contributed by atoms with Gasteiger partial charge in [0, 0.05) is 30.5 Å². The molecule has 0 saturated carbocycles. The average Bonchev–Trinajstić information content (AvgIpc) is 2.81. The third-order valence-electron chi connectivity index (χ3n) is 2.63. The Hall–Kier alpha value is -1.26. The minimum Gasteiger partial charge on any atom is -0.302 e. The van der Waals surface area contributed by atoms with Gasteiger partial charge in [-0.15, -0.1) is 11.3 Å². The number of rotatable bonds is 4. The molecular weight excluding hydrogens is 230 g/mol. The molecule has 0 aliphatic rings. The van der Waals surface area contributed by atoms with E-state index in [-0.39, 0.29) is 5.54 Å². The van der Waals surface area contributed by atoms with Crippen LogP contribution in [-0.4, -0.2) is 9.97 Å². The highest BCUT2D eigenvalue weighted by atomic mass is 32.1. The number of aryl methyl sites for hydroxylation is 1. The summed E-state index contributed by atoms with van der Waals surface area (Å²) in [5, 5.41) is 6.63. The molecule has 0 fully saturated rings. The quantitative estimate of drug-likeness (QED) is 0.902. The van der Waals surface area contributed by atoms with Crippen LogP contribution < -0.4 is 5.32 Å². The normalized spacial score (nSPS) is 11.7. The molecule has 2 heterocycles. The fraction of sp³-hybridized carbons (Fsp3) is 0.385. The van der Waals surface area contributed by atoms with Gasteiger partial charge in [0.1, 0.15) is 5.01 Å². The maximum Gasteiger partial charge on any atom is 0.112 e. The third kappa shape index (κ3) is 3.11. The van der Waals surface area contributed by atoms with Gasteiger partial charge >= 0.3 is 0 Å². The van der Waals surface area contributed by atoms with Crippen molar-refractivity contribution in [3.63, 3.8) is 0 Å². The van der Waals surface area contributed by atoms with Crippen molar-refractivity contribution in [2.45, 2.75) is 32.9 Å². The minimum atomic E-state index is -0.0993. The Kier molecular flexibility index (Phi) is 3.54. The molecule has 0 aliphatic heterocycles. The maximum atomic E-state index is 4.36. The Labute approximate surface area is 106 Å². The van der Waals surface area contributed by atoms with E-state index in [1.165, 1.54) is 11.1 Å². The van der Waals surface area contributed by atoms with E-state index in [0.717, 1.165) is 11.6 Å². The number of thiazole rings is 1. The molecule has 2 rings (SSSR count). The molecule has 2 aromatic rings. The molecule has 0 unspecified atom stereocenters. The van der Waals surface area contributed by atoms with Gasteiger partial charge in [-0.1, -0.05) is 6.07 Å². The van der Waals surface area contributed by atoms with Crippen LogP contribution in [-0.2, 0) is 12.1 Å². The average molecular weight is 247 g/mol. The van der Waals surface area contributed by atoms with Crippen LogP contribution in [0, 0.1) is 6.92 Å². The van der Waals surface area contributed by atoms with Crippen LogP contribution in [0.2, 0.25) is 0 Å². The van der Waals surface area contributed by atoms with Crippen molar-refractivity contribution in [3.8, 4) is 0 Å². The molecule has 4 heteroatoms. The lowest BCUT2D eigenvalue weighted by atomic mass is 10.1. The van der Waals surface area contributed by atoms with Crippen molar-refractivity contribution in [3.05, 3.63) is 46.2 Å². The zero-order valence-electron chi connectivity index (χ0n) is 10.4. The van der Waals surface area contributed by atoms with Crippen molar-refractivity contribution >= 4 is 11.3 Å². The van der Waals surface area contributed by atoms with Crippen LogP contribution >= 0.6 is 11.3 Å². The van der Waals surface area contributed by atoms with Crippen LogP contribution in [0.15, 0.2) is 30.0 Å². The van der Waals surface area contributed by atoms with Crippen LogP contribution in [0.1, 0.15) is 30.0 Å². The van der Waals surface area contributed by atoms with Gasteiger partial charge in [-0.25, -0.2) is 4.98 Å². The molecule has 0 atom stereocenters. The molecule has 2 aromatic heterocycles. The van der Waals surface area contributed by atoms with E-state index in [0.29, 0.717) is 0 Å². The smallest absolute Gasteiger partial charge is 0.112 e. The second-order valence-corrected chi connectivity index (χ2v) is 5.58. The summed E-state index contributed by atoms with van der Waals surface area (Å²) >= 11 is 1.68. The second kappa shape index (κ2) is 4.94. The molecule has 0 aliphatic carbocycles. The summed E-state index contributed by atoms with van der Waals surface area (Å²) in [6.07, 6.45) is 5.62. The topological polar surface area (TPSA) is 37.8 Å². The Morgan fingerprint density at radius 1 is 1.35 bits per heavy atom. The van der Waals surface area contributed by atoms with E-state index in [4.69, 9.17) is 0 Å². The van der Waals surface area contributed by atoms with E-state index < -0.39 is 0 Å². The summed E-state index contributed by atoms with van der Waals surface area (Å²) < 4.78 is 0. The van der Waals surface area contributed by atoms with Crippen LogP contribution in [0.25, 0.3) is 0 Å². The molecule has 17 heavy (non-hydrogen) atoms. The van der Waals surface area contributed by atoms with Crippen molar-refractivity contribution in [1.82, 2.24) is 15.3 Å². The molecule has 90 valence electrons. The Morgan fingerprint density at radius 3 is 2.82 bits per heavy atom. The van der Waals surface area contributed by atoms with Gasteiger partial charge in [0.05, 0.1) is 5.54 Å². The van der Waals surface area contributed by atoms with Crippen molar-refractivity contribution in [2.75, 3.05) is 0 Å². The molecule has 0 bridgehead atoms. The van der Waals surface area contributed by atoms with E-state index in [1.807, 2.05) is 24.0 Å². The zero-order valence-corrected chi connectivity index (χ0v) is 11.2. The highest BCUT2D eigenvalue weighted by Gasteiger charge is 2.22. The third-order valence-corrected chi connectivity index (χ3v) is 3.73. The van der Waals surface area contributed by atoms with Gasteiger partial charge in [-0.05, 0) is 31.9 Å². The van der Waals surface area contributed by atoms with E-state index >= 15 is 0 Å². The summed E-state index contributed by atoms with van der Waals surface area (Å²) in [6.45, 7) is 7.16. The first-order valence-corrected chi connectivity index (χ1v) is 6.51. The first-order valence-electron chi connectivity index (χ1n) is 5.63. The SMILES string of the molecule is Cc1cncc(CNC(C)(C)c2nccs2)c1. The molecule has 0 saturated heterocycles. The molecule has 0 aromatic carbocycles. The van der Waals surface area contributed by atoms with Crippen LogP contribution in [0.3, 0.4) is 0 Å². The minimum absolute atomic E-state index is 0.0993. The molecule has 3 nitrogen and oxygen atoms in total. The Bertz CT molecular complexity index is 477. The predicted molar refractivity (Wildman–Crippen MR) is 71.0 cm³/mol. The van der Waals surface area contributed by atoms with Gasteiger partial charge < -0.3 is 5.32 Å². The highest BCUT2D eigenvalue weighted by molar-refractivity contribution is 7.09. The summed E-state index contributed by atoms with van der Waals surface area (Å²) in [6, 6.07) is 2.15. The van der Waals surface area contributed by atoms with Crippen LogP contribution in [0.5, 0.6) is 0 Å². The monoisotopic (exact) mass is 247 g/mol. The first kappa shape index (κ1) is 12.2. The number of hydrogen-bond acceptors (Lipinski definition) is 4. The Balaban J connectivity index is 2.03. The first-order chi connectivity index (χ1) is 8.08. The lowest BCUT2D eigenvalue weighted by Crippen LogP contribution is -2.35. The van der Waals surface area contributed by atoms with Crippen LogP contribution in [0.4, 0.5) is 0 Å². The summed E-state index contributed by atoms with van der Waals surface area (Å²) in [5.74, 6) is 0. The molecule has 0 spiro atoms. The van der Waals surface area contributed by atoms with Gasteiger partial charge in [0.15, 0.2) is 0 Å². The zero-order chi connectivity index (χ0) is 12.3. The lowest BCUT2D eigenvalue weighted by Gasteiger charge is -2.23. The molecule has 0 amide bonds. The second-order valence-electron chi connectivity index (χ2n) is 4.69. The van der Waals surface area contributed by atoms with E-state index in [9.17, 15) is 0 Å². The maximum absolute atomic E-state index is 4.36. The van der Waals surface area contributed by atoms with Gasteiger partial charge in [0.25, 0.3) is 0 Å². The van der Waals surface area contributed by atoms with Crippen molar-refractivity contribution < 1.29 is 0 Å². The summed E-state index contributed by atoms with van der Waals surface area (Å²) in [5.41, 5.74) is 2.30. The summed E-state index contributed by atoms with van der Waals surface area (Å²) in [7, 11) is 0. The largest absolute Gasteiger partial charge is 0.302 e. The molecular formula is C13H17N3S. The molecule has 1 N–H and O–H groups in total. The fourth-order valence-corrected chi connectivity index (χ4v) is 2.38. The van der Waals surface area contributed by atoms with Gasteiger partial charge in [0.2, 0.25) is 0 Å². The summed E-state index contributed by atoms with van der Waals surface area (Å²) in [4.78, 5) is 8.55. The number of nitrogens with one attached hydrogen (secondary N) is 1. The number of hydrogen-bond donors (Lipinski definition) is 1. The van der Waals surface area contributed by atoms with Crippen molar-refractivity contribution in [2.24, 2.45) is 0 Å². The number of nitrogens with zero attached hydrogens (tertiary/aromatic N) is 2. The highest BCUT2D eigenvalue weighted by Crippen LogP contribution is 2.22. The van der Waals surface area contributed by atoms with E-state index in [1.54, 1.807) is 11.3 Å². The Morgan fingerprint density at radius 2 is 2.18 bits per heavy atom. The van der Waals surface area contributed by atoms with Gasteiger partial charge in [-0.2, -0.15) is 0 Å². The number of pyridine rings is 1.